The zero-order valence-electron chi connectivity index (χ0n) is 11.5. The van der Waals surface area contributed by atoms with Crippen LogP contribution in [0.4, 0.5) is 0 Å². The molecular weight excluding hydrogens is 244 g/mol. The lowest BCUT2D eigenvalue weighted by Gasteiger charge is -2.20. The maximum absolute atomic E-state index is 11.6. The Morgan fingerprint density at radius 2 is 2.26 bits per heavy atom. The van der Waals surface area contributed by atoms with Gasteiger partial charge in [-0.05, 0) is 19.3 Å². The minimum absolute atomic E-state index is 0.0539. The molecule has 106 valence electrons. The molecular formula is C14H22N2O3. The van der Waals surface area contributed by atoms with E-state index in [1.165, 1.54) is 32.1 Å². The maximum atomic E-state index is 11.6. The smallest absolute Gasteiger partial charge is 0.243 e. The van der Waals surface area contributed by atoms with Crippen molar-refractivity contribution in [1.82, 2.24) is 10.6 Å². The number of carbonyl (C=O) groups excluding carboxylic acids is 1. The predicted molar refractivity (Wildman–Crippen MR) is 70.0 cm³/mol. The normalized spacial score (nSPS) is 16.5. The van der Waals surface area contributed by atoms with Crippen molar-refractivity contribution in [1.29, 1.82) is 0 Å². The molecule has 0 radical (unpaired) electrons. The zero-order valence-corrected chi connectivity index (χ0v) is 11.5. The van der Waals surface area contributed by atoms with E-state index in [1.54, 1.807) is 6.07 Å². The summed E-state index contributed by atoms with van der Waals surface area (Å²) in [6.07, 6.45) is 8.03. The predicted octanol–water partition coefficient (Wildman–Crippen LogP) is 2.89. The van der Waals surface area contributed by atoms with Crippen molar-refractivity contribution in [2.75, 3.05) is 0 Å². The first kappa shape index (κ1) is 14.1. The summed E-state index contributed by atoms with van der Waals surface area (Å²) in [4.78, 5) is 16.7. The van der Waals surface area contributed by atoms with Crippen LogP contribution < -0.4 is 5.48 Å². The van der Waals surface area contributed by atoms with Gasteiger partial charge in [0.15, 0.2) is 5.76 Å². The Morgan fingerprint density at radius 1 is 1.47 bits per heavy atom. The molecule has 1 fully saturated rings. The summed E-state index contributed by atoms with van der Waals surface area (Å²) in [5, 5.41) is 3.74. The number of hydroxylamine groups is 1. The molecule has 0 bridgehead atoms. The highest BCUT2D eigenvalue weighted by molar-refractivity contribution is 5.74. The number of hydrogen-bond donors (Lipinski definition) is 1. The Hall–Kier alpha value is -1.36. The Balaban J connectivity index is 1.56. The van der Waals surface area contributed by atoms with Gasteiger partial charge < -0.3 is 4.52 Å². The molecule has 0 saturated heterocycles. The zero-order chi connectivity index (χ0) is 13.5. The quantitative estimate of drug-likeness (QED) is 0.804. The molecule has 5 heteroatoms. The summed E-state index contributed by atoms with van der Waals surface area (Å²) in [6.45, 7) is 2.06. The fourth-order valence-electron chi connectivity index (χ4n) is 2.53. The van der Waals surface area contributed by atoms with Gasteiger partial charge in [-0.25, -0.2) is 5.48 Å². The largest absolute Gasteiger partial charge is 0.359 e. The van der Waals surface area contributed by atoms with Crippen LogP contribution in [0.5, 0.6) is 0 Å². The number of amides is 1. The summed E-state index contributed by atoms with van der Waals surface area (Å²) >= 11 is 0. The van der Waals surface area contributed by atoms with Crippen molar-refractivity contribution in [3.8, 4) is 0 Å². The average molecular weight is 266 g/mol. The van der Waals surface area contributed by atoms with Crippen LogP contribution in [-0.4, -0.2) is 11.1 Å². The second-order valence-corrected chi connectivity index (χ2v) is 5.29. The molecule has 0 spiro atoms. The third-order valence-corrected chi connectivity index (χ3v) is 3.58. The minimum atomic E-state index is -0.0539. The third-order valence-electron chi connectivity index (χ3n) is 3.58. The SMILES string of the molecule is Cc1cc(CONC(=O)CCC2CCCCC2)on1. The van der Waals surface area contributed by atoms with Crippen molar-refractivity contribution in [3.63, 3.8) is 0 Å². The Bertz CT molecular complexity index is 397. The van der Waals surface area contributed by atoms with Gasteiger partial charge >= 0.3 is 0 Å². The topological polar surface area (TPSA) is 64.4 Å². The molecule has 5 nitrogen and oxygen atoms in total. The molecule has 1 N–H and O–H groups in total. The van der Waals surface area contributed by atoms with Crippen LogP contribution in [0.3, 0.4) is 0 Å². The van der Waals surface area contributed by atoms with E-state index in [9.17, 15) is 4.79 Å². The molecule has 1 heterocycles. The minimum Gasteiger partial charge on any atom is -0.359 e. The highest BCUT2D eigenvalue weighted by Crippen LogP contribution is 2.27. The first-order chi connectivity index (χ1) is 9.24. The summed E-state index contributed by atoms with van der Waals surface area (Å²) in [5.41, 5.74) is 3.26. The van der Waals surface area contributed by atoms with Gasteiger partial charge in [0.2, 0.25) is 5.91 Å². The summed E-state index contributed by atoms with van der Waals surface area (Å²) in [7, 11) is 0. The first-order valence-corrected chi connectivity index (χ1v) is 7.07. The number of aromatic nitrogens is 1. The van der Waals surface area contributed by atoms with Gasteiger partial charge in [-0.3, -0.25) is 9.63 Å². The molecule has 1 saturated carbocycles. The molecule has 19 heavy (non-hydrogen) atoms. The molecule has 1 amide bonds. The molecule has 1 aromatic rings. The molecule has 0 atom stereocenters. The maximum Gasteiger partial charge on any atom is 0.243 e. The van der Waals surface area contributed by atoms with Crippen molar-refractivity contribution in [2.24, 2.45) is 5.92 Å². The van der Waals surface area contributed by atoms with Crippen LogP contribution in [-0.2, 0) is 16.2 Å². The Morgan fingerprint density at radius 3 is 2.95 bits per heavy atom. The Labute approximate surface area is 113 Å². The van der Waals surface area contributed by atoms with Gasteiger partial charge in [-0.2, -0.15) is 0 Å². The van der Waals surface area contributed by atoms with Crippen molar-refractivity contribution < 1.29 is 14.2 Å². The lowest BCUT2D eigenvalue weighted by Crippen LogP contribution is -2.24. The molecule has 1 aliphatic carbocycles. The van der Waals surface area contributed by atoms with E-state index in [0.29, 0.717) is 12.2 Å². The van der Waals surface area contributed by atoms with Crippen LogP contribution in [0.1, 0.15) is 56.4 Å². The number of carbonyl (C=O) groups is 1. The lowest BCUT2D eigenvalue weighted by atomic mass is 9.86. The van der Waals surface area contributed by atoms with E-state index in [-0.39, 0.29) is 12.5 Å². The standard InChI is InChI=1S/C14H22N2O3/c1-11-9-13(19-15-11)10-18-16-14(17)8-7-12-5-3-2-4-6-12/h9,12H,2-8,10H2,1H3,(H,16,17). The number of hydrogen-bond acceptors (Lipinski definition) is 4. The number of nitrogens with one attached hydrogen (secondary N) is 1. The van der Waals surface area contributed by atoms with E-state index in [0.717, 1.165) is 18.0 Å². The van der Waals surface area contributed by atoms with Crippen molar-refractivity contribution >= 4 is 5.91 Å². The van der Waals surface area contributed by atoms with Gasteiger partial charge in [0.25, 0.3) is 0 Å². The first-order valence-electron chi connectivity index (χ1n) is 7.07. The molecule has 0 aromatic carbocycles. The van der Waals surface area contributed by atoms with E-state index >= 15 is 0 Å². The third kappa shape index (κ3) is 5.03. The van der Waals surface area contributed by atoms with Gasteiger partial charge in [0.1, 0.15) is 6.61 Å². The Kier molecular flexibility index (Phi) is 5.39. The van der Waals surface area contributed by atoms with Crippen LogP contribution in [0.15, 0.2) is 10.6 Å². The van der Waals surface area contributed by atoms with Crippen molar-refractivity contribution in [3.05, 3.63) is 17.5 Å². The highest BCUT2D eigenvalue weighted by atomic mass is 16.7. The molecule has 1 aliphatic rings. The summed E-state index contributed by atoms with van der Waals surface area (Å²) in [6, 6.07) is 1.79. The van der Waals surface area contributed by atoms with E-state index in [4.69, 9.17) is 9.36 Å². The van der Waals surface area contributed by atoms with E-state index < -0.39 is 0 Å². The van der Waals surface area contributed by atoms with Crippen LogP contribution in [0, 0.1) is 12.8 Å². The second-order valence-electron chi connectivity index (χ2n) is 5.29. The van der Waals surface area contributed by atoms with Crippen molar-refractivity contribution in [2.45, 2.75) is 58.5 Å². The van der Waals surface area contributed by atoms with E-state index in [1.807, 2.05) is 6.92 Å². The van der Waals surface area contributed by atoms with Crippen LogP contribution in [0.2, 0.25) is 0 Å². The number of aryl methyl sites for hydroxylation is 1. The summed E-state index contributed by atoms with van der Waals surface area (Å²) < 4.78 is 4.97. The number of nitrogens with zero attached hydrogens (tertiary/aromatic N) is 1. The fraction of sp³-hybridized carbons (Fsp3) is 0.714. The van der Waals surface area contributed by atoms with Crippen LogP contribution in [0.25, 0.3) is 0 Å². The monoisotopic (exact) mass is 266 g/mol. The van der Waals surface area contributed by atoms with Gasteiger partial charge in [0, 0.05) is 12.5 Å². The fourth-order valence-corrected chi connectivity index (χ4v) is 2.53. The summed E-state index contributed by atoms with van der Waals surface area (Å²) in [5.74, 6) is 1.28. The van der Waals surface area contributed by atoms with Gasteiger partial charge in [0.05, 0.1) is 5.69 Å². The van der Waals surface area contributed by atoms with Gasteiger partial charge in [-0.1, -0.05) is 37.3 Å². The van der Waals surface area contributed by atoms with E-state index in [2.05, 4.69) is 10.6 Å². The molecule has 2 rings (SSSR count). The average Bonchev–Trinajstić information content (AvgIpc) is 2.83. The second kappa shape index (κ2) is 7.28. The highest BCUT2D eigenvalue weighted by Gasteiger charge is 2.14. The number of rotatable bonds is 6. The molecule has 0 aliphatic heterocycles. The van der Waals surface area contributed by atoms with Gasteiger partial charge in [-0.15, -0.1) is 0 Å². The van der Waals surface area contributed by atoms with Crippen LogP contribution >= 0.6 is 0 Å². The molecule has 0 unspecified atom stereocenters. The molecule has 1 aromatic heterocycles. The lowest BCUT2D eigenvalue weighted by molar-refractivity contribution is -0.135.